The quantitative estimate of drug-likeness (QED) is 0.625. The van der Waals surface area contributed by atoms with Gasteiger partial charge in [-0.1, -0.05) is 30.3 Å². The van der Waals surface area contributed by atoms with Gasteiger partial charge in [-0.05, 0) is 41.6 Å². The zero-order valence-corrected chi connectivity index (χ0v) is 15.1. The molecule has 1 aromatic heterocycles. The van der Waals surface area contributed by atoms with Crippen LogP contribution in [0.5, 0.6) is 0 Å². The van der Waals surface area contributed by atoms with Gasteiger partial charge in [0.2, 0.25) is 0 Å². The Bertz CT molecular complexity index is 1110. The maximum Gasteiger partial charge on any atom is 0.416 e. The van der Waals surface area contributed by atoms with E-state index in [2.05, 4.69) is 5.32 Å². The molecular formula is C20H13F3N2O2S. The number of benzene rings is 2. The van der Waals surface area contributed by atoms with E-state index in [0.717, 1.165) is 45.9 Å². The van der Waals surface area contributed by atoms with Crippen LogP contribution >= 0.6 is 11.8 Å². The Morgan fingerprint density at radius 2 is 1.75 bits per heavy atom. The van der Waals surface area contributed by atoms with Gasteiger partial charge in [0.05, 0.1) is 10.5 Å². The fraction of sp³-hybridized carbons (Fsp3) is 0.100. The molecule has 28 heavy (non-hydrogen) atoms. The van der Waals surface area contributed by atoms with Crippen LogP contribution in [0.1, 0.15) is 16.7 Å². The number of hydrogen-bond donors (Lipinski definition) is 1. The normalized spacial score (nSPS) is 16.2. The van der Waals surface area contributed by atoms with Crippen LogP contribution in [0.4, 0.5) is 18.0 Å². The minimum atomic E-state index is -4.37. The van der Waals surface area contributed by atoms with Crippen LogP contribution in [0.2, 0.25) is 0 Å². The molecule has 142 valence electrons. The summed E-state index contributed by atoms with van der Waals surface area (Å²) in [5.41, 5.74) is 1.67. The fourth-order valence-electron chi connectivity index (χ4n) is 3.08. The van der Waals surface area contributed by atoms with Crippen molar-refractivity contribution < 1.29 is 22.8 Å². The number of para-hydroxylation sites is 1. The molecule has 0 aliphatic carbocycles. The average molecular weight is 402 g/mol. The molecule has 2 heterocycles. The number of imide groups is 1. The summed E-state index contributed by atoms with van der Waals surface area (Å²) in [6.07, 6.45) is -0.891. The third-order valence-corrected chi connectivity index (χ3v) is 5.19. The number of aromatic nitrogens is 1. The van der Waals surface area contributed by atoms with Gasteiger partial charge in [0.1, 0.15) is 0 Å². The lowest BCUT2D eigenvalue weighted by Gasteiger charge is -2.09. The van der Waals surface area contributed by atoms with Crippen LogP contribution in [0, 0.1) is 0 Å². The van der Waals surface area contributed by atoms with Gasteiger partial charge >= 0.3 is 6.18 Å². The molecule has 1 aliphatic rings. The van der Waals surface area contributed by atoms with Gasteiger partial charge in [0, 0.05) is 29.2 Å². The second-order valence-corrected chi connectivity index (χ2v) is 7.29. The van der Waals surface area contributed by atoms with E-state index in [4.69, 9.17) is 0 Å². The summed E-state index contributed by atoms with van der Waals surface area (Å²) in [5.74, 6) is -0.436. The Balaban J connectivity index is 1.70. The minimum Gasteiger partial charge on any atom is -0.342 e. The molecule has 0 spiro atoms. The first kappa shape index (κ1) is 18.4. The molecule has 8 heteroatoms. The predicted molar refractivity (Wildman–Crippen MR) is 102 cm³/mol. The molecule has 2 aromatic carbocycles. The van der Waals surface area contributed by atoms with Gasteiger partial charge in [0.15, 0.2) is 0 Å². The number of hydrogen-bond acceptors (Lipinski definition) is 3. The summed E-state index contributed by atoms with van der Waals surface area (Å²) >= 11 is 0.840. The summed E-state index contributed by atoms with van der Waals surface area (Å²) in [5, 5.41) is 2.69. The third-order valence-electron chi connectivity index (χ3n) is 4.38. The highest BCUT2D eigenvalue weighted by Gasteiger charge is 2.30. The number of nitrogens with zero attached hydrogens (tertiary/aromatic N) is 1. The van der Waals surface area contributed by atoms with Crippen LogP contribution in [0.3, 0.4) is 0 Å². The second kappa shape index (κ2) is 6.87. The van der Waals surface area contributed by atoms with Crippen molar-refractivity contribution in [2.24, 2.45) is 0 Å². The van der Waals surface area contributed by atoms with Crippen molar-refractivity contribution >= 4 is 39.9 Å². The van der Waals surface area contributed by atoms with E-state index >= 15 is 0 Å². The van der Waals surface area contributed by atoms with Crippen LogP contribution in [-0.2, 0) is 17.5 Å². The van der Waals surface area contributed by atoms with Crippen molar-refractivity contribution in [3.63, 3.8) is 0 Å². The zero-order valence-electron chi connectivity index (χ0n) is 14.3. The van der Waals surface area contributed by atoms with Crippen molar-refractivity contribution in [3.05, 3.63) is 76.3 Å². The predicted octanol–water partition coefficient (Wildman–Crippen LogP) is 5.03. The number of halogens is 3. The van der Waals surface area contributed by atoms with E-state index in [1.165, 1.54) is 12.1 Å². The van der Waals surface area contributed by atoms with Gasteiger partial charge in [-0.15, -0.1) is 0 Å². The maximum atomic E-state index is 12.7. The van der Waals surface area contributed by atoms with Gasteiger partial charge < -0.3 is 4.57 Å². The minimum absolute atomic E-state index is 0.308. The number of thioether (sulfide) groups is 1. The molecule has 1 N–H and O–H groups in total. The van der Waals surface area contributed by atoms with Crippen molar-refractivity contribution in [2.75, 3.05) is 0 Å². The lowest BCUT2D eigenvalue weighted by molar-refractivity contribution is -0.137. The van der Waals surface area contributed by atoms with Crippen LogP contribution in [0.15, 0.2) is 59.6 Å². The Morgan fingerprint density at radius 1 is 1.04 bits per heavy atom. The van der Waals surface area contributed by atoms with Crippen LogP contribution in [-0.4, -0.2) is 15.7 Å². The Morgan fingerprint density at radius 3 is 2.39 bits per heavy atom. The fourth-order valence-corrected chi connectivity index (χ4v) is 3.75. The SMILES string of the molecule is O=C1NC(=O)C(=Cc2cn(Cc3ccc(C(F)(F)F)cc3)c3ccccc23)S1. The Labute approximate surface area is 162 Å². The lowest BCUT2D eigenvalue weighted by atomic mass is 10.1. The second-order valence-electron chi connectivity index (χ2n) is 6.28. The van der Waals surface area contributed by atoms with Crippen LogP contribution in [0.25, 0.3) is 17.0 Å². The van der Waals surface area contributed by atoms with Crippen molar-refractivity contribution in [2.45, 2.75) is 12.7 Å². The summed E-state index contributed by atoms with van der Waals surface area (Å²) in [6.45, 7) is 0.375. The molecule has 0 bridgehead atoms. The standard InChI is InChI=1S/C20H13F3N2O2S/c21-20(22,23)14-7-5-12(6-8-14)10-25-11-13(15-3-1-2-4-16(15)25)9-17-18(26)24-19(27)28-17/h1-9,11H,10H2,(H,24,26,27). The molecule has 0 atom stereocenters. The third kappa shape index (κ3) is 3.55. The van der Waals surface area contributed by atoms with Gasteiger partial charge in [0.25, 0.3) is 11.1 Å². The summed E-state index contributed by atoms with van der Waals surface area (Å²) in [7, 11) is 0. The zero-order chi connectivity index (χ0) is 19.9. The molecule has 4 nitrogen and oxygen atoms in total. The smallest absolute Gasteiger partial charge is 0.342 e. The molecule has 0 radical (unpaired) electrons. The van der Waals surface area contributed by atoms with Gasteiger partial charge in [-0.3, -0.25) is 14.9 Å². The molecule has 1 fully saturated rings. The Kier molecular flexibility index (Phi) is 4.50. The molecule has 4 rings (SSSR count). The monoisotopic (exact) mass is 402 g/mol. The molecule has 1 saturated heterocycles. The van der Waals surface area contributed by atoms with E-state index < -0.39 is 22.9 Å². The number of fused-ring (bicyclic) bond motifs is 1. The van der Waals surface area contributed by atoms with E-state index in [0.29, 0.717) is 11.4 Å². The molecule has 2 amide bonds. The van der Waals surface area contributed by atoms with Crippen molar-refractivity contribution in [1.82, 2.24) is 9.88 Å². The highest BCUT2D eigenvalue weighted by molar-refractivity contribution is 8.18. The molecule has 3 aromatic rings. The highest BCUT2D eigenvalue weighted by atomic mass is 32.2. The van der Waals surface area contributed by atoms with Crippen molar-refractivity contribution in [1.29, 1.82) is 0 Å². The van der Waals surface area contributed by atoms with Crippen molar-refractivity contribution in [3.8, 4) is 0 Å². The van der Waals surface area contributed by atoms with E-state index in [9.17, 15) is 22.8 Å². The van der Waals surface area contributed by atoms with E-state index in [1.807, 2.05) is 35.0 Å². The number of alkyl halides is 3. The largest absolute Gasteiger partial charge is 0.416 e. The summed E-state index contributed by atoms with van der Waals surface area (Å²) < 4.78 is 40.1. The number of rotatable bonds is 3. The summed E-state index contributed by atoms with van der Waals surface area (Å²) in [4.78, 5) is 23.5. The van der Waals surface area contributed by atoms with Gasteiger partial charge in [-0.25, -0.2) is 0 Å². The first-order valence-corrected chi connectivity index (χ1v) is 9.12. The summed E-state index contributed by atoms with van der Waals surface area (Å²) in [6, 6.07) is 12.6. The number of carbonyl (C=O) groups is 2. The van der Waals surface area contributed by atoms with E-state index in [-0.39, 0.29) is 0 Å². The lowest BCUT2D eigenvalue weighted by Crippen LogP contribution is -2.17. The first-order valence-electron chi connectivity index (χ1n) is 8.30. The Hall–Kier alpha value is -3.00. The molecule has 0 saturated carbocycles. The highest BCUT2D eigenvalue weighted by Crippen LogP contribution is 2.31. The first-order chi connectivity index (χ1) is 13.3. The number of amides is 2. The molecule has 1 aliphatic heterocycles. The van der Waals surface area contributed by atoms with Gasteiger partial charge in [-0.2, -0.15) is 13.2 Å². The van der Waals surface area contributed by atoms with E-state index in [1.54, 1.807) is 6.08 Å². The number of nitrogens with one attached hydrogen (secondary N) is 1. The topological polar surface area (TPSA) is 51.1 Å². The van der Waals surface area contributed by atoms with Crippen LogP contribution < -0.4 is 5.32 Å². The molecule has 0 unspecified atom stereocenters. The number of carbonyl (C=O) groups excluding carboxylic acids is 2. The maximum absolute atomic E-state index is 12.7. The average Bonchev–Trinajstić information content (AvgIpc) is 3.15. The molecular weight excluding hydrogens is 389 g/mol.